The van der Waals surface area contributed by atoms with Crippen LogP contribution in [0.1, 0.15) is 40.4 Å². The van der Waals surface area contributed by atoms with Crippen molar-refractivity contribution in [3.8, 4) is 17.1 Å². The van der Waals surface area contributed by atoms with E-state index in [4.69, 9.17) is 9.15 Å². The Kier molecular flexibility index (Phi) is 6.11. The fourth-order valence-corrected chi connectivity index (χ4v) is 4.52. The molecule has 0 unspecified atom stereocenters. The molecule has 0 spiro atoms. The number of rotatable bonds is 7. The first-order chi connectivity index (χ1) is 17.1. The Morgan fingerprint density at radius 2 is 1.74 bits per heavy atom. The zero-order chi connectivity index (χ0) is 24.4. The molecule has 4 heteroatoms. The molecule has 1 heterocycles. The first-order valence-corrected chi connectivity index (χ1v) is 11.7. The topological polar surface area (TPSA) is 59.7 Å². The second-order valence-corrected chi connectivity index (χ2v) is 8.56. The highest BCUT2D eigenvalue weighted by Gasteiger charge is 2.12. The van der Waals surface area contributed by atoms with E-state index in [0.717, 1.165) is 40.7 Å². The van der Waals surface area contributed by atoms with Crippen LogP contribution in [0.15, 0.2) is 83.3 Å². The number of methoxy groups -OCH3 is 1. The Morgan fingerprint density at radius 1 is 0.914 bits per heavy atom. The number of hydrogen-bond acceptors (Lipinski definition) is 3. The van der Waals surface area contributed by atoms with E-state index in [1.165, 1.54) is 16.3 Å². The Hall–Kier alpha value is -4.31. The van der Waals surface area contributed by atoms with Gasteiger partial charge in [0.2, 0.25) is 0 Å². The number of aromatic carboxylic acids is 1. The number of fused-ring (bicyclic) bond motifs is 3. The van der Waals surface area contributed by atoms with Crippen molar-refractivity contribution in [2.75, 3.05) is 7.11 Å². The Morgan fingerprint density at radius 3 is 2.54 bits per heavy atom. The minimum Gasteiger partial charge on any atom is -0.497 e. The van der Waals surface area contributed by atoms with E-state index in [2.05, 4.69) is 49.4 Å². The maximum Gasteiger partial charge on any atom is 0.336 e. The molecule has 0 radical (unpaired) electrons. The average molecular weight is 463 g/mol. The molecule has 5 aromatic rings. The van der Waals surface area contributed by atoms with Crippen LogP contribution in [-0.4, -0.2) is 18.2 Å². The van der Waals surface area contributed by atoms with E-state index >= 15 is 0 Å². The van der Waals surface area contributed by atoms with Crippen molar-refractivity contribution in [2.45, 2.75) is 19.8 Å². The lowest BCUT2D eigenvalue weighted by Gasteiger charge is -2.09. The lowest BCUT2D eigenvalue weighted by molar-refractivity contribution is 0.0696. The molecular formula is C31H26O4. The third kappa shape index (κ3) is 4.43. The van der Waals surface area contributed by atoms with Crippen molar-refractivity contribution in [3.05, 3.63) is 101 Å². The van der Waals surface area contributed by atoms with Gasteiger partial charge in [0.25, 0.3) is 0 Å². The summed E-state index contributed by atoms with van der Waals surface area (Å²) in [6, 6.07) is 25.8. The maximum atomic E-state index is 11.7. The molecule has 5 rings (SSSR count). The summed E-state index contributed by atoms with van der Waals surface area (Å²) in [6.45, 7) is 2.15. The van der Waals surface area contributed by atoms with Crippen molar-refractivity contribution in [1.29, 1.82) is 0 Å². The van der Waals surface area contributed by atoms with Crippen LogP contribution >= 0.6 is 0 Å². The first kappa shape index (κ1) is 22.5. The van der Waals surface area contributed by atoms with Crippen LogP contribution in [0.25, 0.3) is 45.2 Å². The summed E-state index contributed by atoms with van der Waals surface area (Å²) in [5, 5.41) is 13.1. The molecule has 0 fully saturated rings. The highest BCUT2D eigenvalue weighted by atomic mass is 16.5. The monoisotopic (exact) mass is 462 g/mol. The summed E-state index contributed by atoms with van der Waals surface area (Å²) >= 11 is 0. The van der Waals surface area contributed by atoms with Gasteiger partial charge >= 0.3 is 5.97 Å². The van der Waals surface area contributed by atoms with Gasteiger partial charge in [-0.3, -0.25) is 0 Å². The molecule has 0 saturated heterocycles. The molecule has 0 saturated carbocycles. The maximum absolute atomic E-state index is 11.7. The molecular weight excluding hydrogens is 436 g/mol. The summed E-state index contributed by atoms with van der Waals surface area (Å²) in [6.07, 6.45) is 5.71. The minimum absolute atomic E-state index is 0.241. The van der Waals surface area contributed by atoms with Crippen molar-refractivity contribution < 1.29 is 19.1 Å². The quantitative estimate of drug-likeness (QED) is 0.248. The molecule has 0 aliphatic heterocycles. The highest BCUT2D eigenvalue weighted by molar-refractivity contribution is 6.07. The lowest BCUT2D eigenvalue weighted by Crippen LogP contribution is -2.00. The first-order valence-electron chi connectivity index (χ1n) is 11.7. The van der Waals surface area contributed by atoms with Crippen LogP contribution in [0.4, 0.5) is 0 Å². The molecule has 4 nitrogen and oxygen atoms in total. The Balaban J connectivity index is 1.54. The Bertz CT molecular complexity index is 1570. The van der Waals surface area contributed by atoms with Gasteiger partial charge < -0.3 is 14.3 Å². The molecule has 0 amide bonds. The van der Waals surface area contributed by atoms with Gasteiger partial charge in [0.1, 0.15) is 17.1 Å². The third-order valence-corrected chi connectivity index (χ3v) is 6.30. The van der Waals surface area contributed by atoms with Gasteiger partial charge in [-0.15, -0.1) is 0 Å². The van der Waals surface area contributed by atoms with Gasteiger partial charge in [-0.25, -0.2) is 4.79 Å². The number of furan rings is 1. The van der Waals surface area contributed by atoms with Crippen LogP contribution in [0.3, 0.4) is 0 Å². The Labute approximate surface area is 204 Å². The summed E-state index contributed by atoms with van der Waals surface area (Å²) in [4.78, 5) is 11.7. The van der Waals surface area contributed by atoms with Crippen molar-refractivity contribution in [3.63, 3.8) is 0 Å². The van der Waals surface area contributed by atoms with Crippen molar-refractivity contribution >= 4 is 39.9 Å². The SMILES string of the molecule is CCCc1cc(-c2cc3c(ccc4ccccc43)o2)ccc1C=Cc1cc(OC)ccc1C(=O)O. The molecule has 1 aromatic heterocycles. The van der Waals surface area contributed by atoms with Crippen LogP contribution in [0, 0.1) is 0 Å². The average Bonchev–Trinajstić information content (AvgIpc) is 3.33. The van der Waals surface area contributed by atoms with Gasteiger partial charge in [0.15, 0.2) is 0 Å². The van der Waals surface area contributed by atoms with Gasteiger partial charge in [-0.2, -0.15) is 0 Å². The minimum atomic E-state index is -0.964. The lowest BCUT2D eigenvalue weighted by atomic mass is 9.97. The van der Waals surface area contributed by atoms with Gasteiger partial charge in [0.05, 0.1) is 12.7 Å². The van der Waals surface area contributed by atoms with Crippen LogP contribution in [0.2, 0.25) is 0 Å². The number of ether oxygens (including phenoxy) is 1. The van der Waals surface area contributed by atoms with Gasteiger partial charge in [0, 0.05) is 10.9 Å². The fourth-order valence-electron chi connectivity index (χ4n) is 4.52. The standard InChI is InChI=1S/C31H26O4/c1-3-6-22-17-24(30-19-28-26-8-5-4-7-21(26)13-16-29(28)35-30)12-10-20(22)9-11-23-18-25(34-2)14-15-27(23)31(32)33/h4-5,7-19H,3,6H2,1-2H3,(H,32,33). The fraction of sp³-hybridized carbons (Fsp3) is 0.129. The zero-order valence-electron chi connectivity index (χ0n) is 19.7. The number of carbonyl (C=O) groups is 1. The molecule has 0 aliphatic carbocycles. The van der Waals surface area contributed by atoms with E-state index in [9.17, 15) is 9.90 Å². The molecule has 0 atom stereocenters. The number of benzene rings is 4. The second-order valence-electron chi connectivity index (χ2n) is 8.56. The van der Waals surface area contributed by atoms with Crippen molar-refractivity contribution in [1.82, 2.24) is 0 Å². The third-order valence-electron chi connectivity index (χ3n) is 6.30. The van der Waals surface area contributed by atoms with E-state index in [1.54, 1.807) is 25.3 Å². The van der Waals surface area contributed by atoms with Gasteiger partial charge in [-0.1, -0.05) is 68.0 Å². The van der Waals surface area contributed by atoms with E-state index in [1.807, 2.05) is 30.4 Å². The van der Waals surface area contributed by atoms with E-state index in [-0.39, 0.29) is 5.56 Å². The van der Waals surface area contributed by atoms with Crippen molar-refractivity contribution in [2.24, 2.45) is 0 Å². The largest absolute Gasteiger partial charge is 0.497 e. The molecule has 1 N–H and O–H groups in total. The molecule has 4 aromatic carbocycles. The van der Waals surface area contributed by atoms with E-state index in [0.29, 0.717) is 11.3 Å². The smallest absolute Gasteiger partial charge is 0.336 e. The van der Waals surface area contributed by atoms with E-state index < -0.39 is 5.97 Å². The predicted molar refractivity (Wildman–Crippen MR) is 142 cm³/mol. The molecule has 174 valence electrons. The summed E-state index contributed by atoms with van der Waals surface area (Å²) in [5.41, 5.74) is 4.98. The molecule has 0 bridgehead atoms. The predicted octanol–water partition coefficient (Wildman–Crippen LogP) is 8.08. The number of hydrogen-bond donors (Lipinski definition) is 1. The zero-order valence-corrected chi connectivity index (χ0v) is 19.7. The normalized spacial score (nSPS) is 11.5. The molecule has 0 aliphatic rings. The number of aryl methyl sites for hydroxylation is 1. The van der Waals surface area contributed by atoms with Crippen LogP contribution in [-0.2, 0) is 6.42 Å². The highest BCUT2D eigenvalue weighted by Crippen LogP contribution is 2.34. The van der Waals surface area contributed by atoms with Crippen LogP contribution in [0.5, 0.6) is 5.75 Å². The summed E-state index contributed by atoms with van der Waals surface area (Å²) < 4.78 is 11.5. The number of carboxylic acid groups (broad SMARTS) is 1. The second kappa shape index (κ2) is 9.51. The van der Waals surface area contributed by atoms with Gasteiger partial charge in [-0.05, 0) is 70.3 Å². The summed E-state index contributed by atoms with van der Waals surface area (Å²) in [7, 11) is 1.57. The number of carboxylic acids is 1. The molecule has 35 heavy (non-hydrogen) atoms. The summed E-state index contributed by atoms with van der Waals surface area (Å²) in [5.74, 6) is 0.496. The van der Waals surface area contributed by atoms with Crippen LogP contribution < -0.4 is 4.74 Å².